The molecule has 1 aromatic carbocycles. The van der Waals surface area contributed by atoms with Gasteiger partial charge in [0.25, 0.3) is 0 Å². The number of nitrogens with zero attached hydrogens (tertiary/aromatic N) is 2. The van der Waals surface area contributed by atoms with Gasteiger partial charge in [0.15, 0.2) is 5.96 Å². The molecule has 1 aromatic heterocycles. The molecule has 6 heteroatoms. The third-order valence-corrected chi connectivity index (χ3v) is 4.23. The molecule has 0 unspecified atom stereocenters. The molecule has 2 aromatic rings. The summed E-state index contributed by atoms with van der Waals surface area (Å²) in [6.07, 6.45) is 0. The minimum absolute atomic E-state index is 0. The van der Waals surface area contributed by atoms with Crippen LogP contribution in [0.4, 0.5) is 5.69 Å². The molecule has 114 valence electrons. The predicted octanol–water partition coefficient (Wildman–Crippen LogP) is 3.92. The van der Waals surface area contributed by atoms with E-state index in [1.165, 1.54) is 11.1 Å². The summed E-state index contributed by atoms with van der Waals surface area (Å²) in [6, 6.07) is 6.15. The van der Waals surface area contributed by atoms with Gasteiger partial charge in [0.2, 0.25) is 0 Å². The Morgan fingerprint density at radius 3 is 2.52 bits per heavy atom. The van der Waals surface area contributed by atoms with Crippen molar-refractivity contribution < 1.29 is 0 Å². The molecule has 21 heavy (non-hydrogen) atoms. The average Bonchev–Trinajstić information content (AvgIpc) is 2.70. The highest BCUT2D eigenvalue weighted by atomic mass is 127. The van der Waals surface area contributed by atoms with E-state index in [1.807, 2.05) is 19.9 Å². The fourth-order valence-electron chi connectivity index (χ4n) is 1.88. The van der Waals surface area contributed by atoms with Crippen LogP contribution in [0.15, 0.2) is 23.2 Å². The van der Waals surface area contributed by atoms with Gasteiger partial charge in [-0.05, 0) is 51.0 Å². The molecule has 0 aliphatic rings. The molecule has 0 bridgehead atoms. The molecular formula is C15H21IN4S. The second-order valence-corrected chi connectivity index (χ2v) is 6.15. The monoisotopic (exact) mass is 416 g/mol. The minimum atomic E-state index is 0. The lowest BCUT2D eigenvalue weighted by Gasteiger charge is -2.07. The number of aromatic nitrogens is 1. The van der Waals surface area contributed by atoms with Gasteiger partial charge < -0.3 is 11.1 Å². The highest BCUT2D eigenvalue weighted by molar-refractivity contribution is 14.0. The lowest BCUT2D eigenvalue weighted by molar-refractivity contribution is 1.05. The van der Waals surface area contributed by atoms with Crippen LogP contribution in [0.3, 0.4) is 0 Å². The maximum Gasteiger partial charge on any atom is 0.193 e. The molecule has 2 rings (SSSR count). The van der Waals surface area contributed by atoms with Crippen molar-refractivity contribution in [2.24, 2.45) is 10.7 Å². The van der Waals surface area contributed by atoms with Crippen molar-refractivity contribution in [1.29, 1.82) is 0 Å². The Labute approximate surface area is 146 Å². The summed E-state index contributed by atoms with van der Waals surface area (Å²) in [5.74, 6) is 0.429. The highest BCUT2D eigenvalue weighted by Gasteiger charge is 2.04. The van der Waals surface area contributed by atoms with Gasteiger partial charge in [0.05, 0.1) is 17.2 Å². The molecule has 0 saturated carbocycles. The maximum absolute atomic E-state index is 5.92. The largest absolute Gasteiger partial charge is 0.370 e. The Bertz CT molecular complexity index is 649. The Kier molecular flexibility index (Phi) is 6.60. The van der Waals surface area contributed by atoms with Crippen molar-refractivity contribution in [2.75, 3.05) is 5.32 Å². The first kappa shape index (κ1) is 17.9. The Morgan fingerprint density at radius 2 is 1.95 bits per heavy atom. The summed E-state index contributed by atoms with van der Waals surface area (Å²) in [5.41, 5.74) is 10.4. The van der Waals surface area contributed by atoms with Crippen molar-refractivity contribution in [3.63, 3.8) is 0 Å². The van der Waals surface area contributed by atoms with Gasteiger partial charge >= 0.3 is 0 Å². The smallest absolute Gasteiger partial charge is 0.193 e. The Hall–Kier alpha value is -1.15. The zero-order chi connectivity index (χ0) is 14.7. The summed E-state index contributed by atoms with van der Waals surface area (Å²) >= 11 is 1.67. The van der Waals surface area contributed by atoms with Crippen LogP contribution in [-0.2, 0) is 6.54 Å². The SMILES string of the molecule is Cc1nc(C)c(CN=C(N)Nc2ccc(C)c(C)c2)s1.I. The van der Waals surface area contributed by atoms with Crippen LogP contribution in [0.1, 0.15) is 26.7 Å². The van der Waals surface area contributed by atoms with Gasteiger partial charge in [-0.25, -0.2) is 9.98 Å². The molecule has 0 amide bonds. The van der Waals surface area contributed by atoms with E-state index in [4.69, 9.17) is 5.73 Å². The molecule has 0 aliphatic carbocycles. The van der Waals surface area contributed by atoms with E-state index < -0.39 is 0 Å². The molecule has 0 spiro atoms. The van der Waals surface area contributed by atoms with Gasteiger partial charge in [0.1, 0.15) is 0 Å². The summed E-state index contributed by atoms with van der Waals surface area (Å²) in [5, 5.41) is 4.18. The third kappa shape index (κ3) is 4.96. The van der Waals surface area contributed by atoms with E-state index >= 15 is 0 Å². The number of nitrogens with two attached hydrogens (primary N) is 1. The number of halogens is 1. The van der Waals surface area contributed by atoms with E-state index in [-0.39, 0.29) is 24.0 Å². The summed E-state index contributed by atoms with van der Waals surface area (Å²) in [6.45, 7) is 8.74. The lowest BCUT2D eigenvalue weighted by atomic mass is 10.1. The van der Waals surface area contributed by atoms with Gasteiger partial charge in [-0.3, -0.25) is 0 Å². The van der Waals surface area contributed by atoms with Crippen LogP contribution in [0.2, 0.25) is 0 Å². The Morgan fingerprint density at radius 1 is 1.24 bits per heavy atom. The van der Waals surface area contributed by atoms with Crippen LogP contribution < -0.4 is 11.1 Å². The number of nitrogens with one attached hydrogen (secondary N) is 1. The van der Waals surface area contributed by atoms with Gasteiger partial charge in [-0.1, -0.05) is 6.07 Å². The van der Waals surface area contributed by atoms with Crippen molar-refractivity contribution in [2.45, 2.75) is 34.2 Å². The molecule has 0 saturated heterocycles. The van der Waals surface area contributed by atoms with Crippen LogP contribution in [-0.4, -0.2) is 10.9 Å². The number of guanidine groups is 1. The number of aliphatic imine (C=N–C) groups is 1. The first-order valence-corrected chi connectivity index (χ1v) is 7.34. The van der Waals surface area contributed by atoms with Crippen LogP contribution >= 0.6 is 35.3 Å². The first-order chi connectivity index (χ1) is 9.45. The fraction of sp³-hybridized carbons (Fsp3) is 0.333. The Balaban J connectivity index is 0.00000220. The fourth-order valence-corrected chi connectivity index (χ4v) is 2.75. The number of hydrogen-bond donors (Lipinski definition) is 2. The van der Waals surface area contributed by atoms with Crippen molar-refractivity contribution in [3.8, 4) is 0 Å². The second kappa shape index (κ2) is 7.74. The molecule has 0 atom stereocenters. The summed E-state index contributed by atoms with van der Waals surface area (Å²) < 4.78 is 0. The highest BCUT2D eigenvalue weighted by Crippen LogP contribution is 2.18. The zero-order valence-electron chi connectivity index (χ0n) is 12.7. The second-order valence-electron chi connectivity index (χ2n) is 4.87. The van der Waals surface area contributed by atoms with Crippen molar-refractivity contribution in [1.82, 2.24) is 4.98 Å². The van der Waals surface area contributed by atoms with Gasteiger partial charge in [-0.15, -0.1) is 35.3 Å². The average molecular weight is 416 g/mol. The molecule has 0 aliphatic heterocycles. The van der Waals surface area contributed by atoms with E-state index in [2.05, 4.69) is 41.3 Å². The lowest BCUT2D eigenvalue weighted by Crippen LogP contribution is -2.22. The molecule has 0 fully saturated rings. The number of hydrogen-bond acceptors (Lipinski definition) is 3. The summed E-state index contributed by atoms with van der Waals surface area (Å²) in [7, 11) is 0. The topological polar surface area (TPSA) is 63.3 Å². The number of thiazole rings is 1. The van der Waals surface area contributed by atoms with Crippen LogP contribution in [0.5, 0.6) is 0 Å². The minimum Gasteiger partial charge on any atom is -0.370 e. The first-order valence-electron chi connectivity index (χ1n) is 6.53. The van der Waals surface area contributed by atoms with Gasteiger partial charge in [-0.2, -0.15) is 0 Å². The van der Waals surface area contributed by atoms with Crippen LogP contribution in [0, 0.1) is 27.7 Å². The van der Waals surface area contributed by atoms with Crippen LogP contribution in [0.25, 0.3) is 0 Å². The normalized spacial score (nSPS) is 11.1. The van der Waals surface area contributed by atoms with E-state index in [1.54, 1.807) is 11.3 Å². The van der Waals surface area contributed by atoms with E-state index in [9.17, 15) is 0 Å². The molecule has 4 nitrogen and oxygen atoms in total. The molecule has 3 N–H and O–H groups in total. The number of aryl methyl sites for hydroxylation is 4. The predicted molar refractivity (Wildman–Crippen MR) is 102 cm³/mol. The number of benzene rings is 1. The van der Waals surface area contributed by atoms with Crippen molar-refractivity contribution >= 4 is 47.0 Å². The molecular weight excluding hydrogens is 395 g/mol. The standard InChI is InChI=1S/C15H20N4S.HI/c1-9-5-6-13(7-10(9)2)19-15(16)17-8-14-11(3)18-12(4)20-14;/h5-7H,8H2,1-4H3,(H3,16,17,19);1H. The molecule has 0 radical (unpaired) electrons. The number of rotatable bonds is 3. The maximum atomic E-state index is 5.92. The molecule has 1 heterocycles. The summed E-state index contributed by atoms with van der Waals surface area (Å²) in [4.78, 5) is 9.91. The van der Waals surface area contributed by atoms with Crippen molar-refractivity contribution in [3.05, 3.63) is 44.9 Å². The number of anilines is 1. The van der Waals surface area contributed by atoms with Gasteiger partial charge in [0, 0.05) is 10.6 Å². The third-order valence-electron chi connectivity index (χ3n) is 3.17. The van der Waals surface area contributed by atoms with E-state index in [0.717, 1.165) is 21.3 Å². The quantitative estimate of drug-likeness (QED) is 0.453. The van der Waals surface area contributed by atoms with E-state index in [0.29, 0.717) is 12.5 Å². The zero-order valence-corrected chi connectivity index (χ0v) is 15.9.